The third-order valence-corrected chi connectivity index (χ3v) is 3.85. The maximum atomic E-state index is 9.11. The average Bonchev–Trinajstić information content (AvgIpc) is 2.56. The van der Waals surface area contributed by atoms with Crippen molar-refractivity contribution in [1.29, 1.82) is 0 Å². The van der Waals surface area contributed by atoms with Gasteiger partial charge in [-0.1, -0.05) is 30.3 Å². The van der Waals surface area contributed by atoms with E-state index in [9.17, 15) is 0 Å². The van der Waals surface area contributed by atoms with E-state index in [1.54, 1.807) is 0 Å². The van der Waals surface area contributed by atoms with Gasteiger partial charge in [-0.25, -0.2) is 0 Å². The Bertz CT molecular complexity index is 464. The van der Waals surface area contributed by atoms with Crippen molar-refractivity contribution in [2.45, 2.75) is 45.5 Å². The third kappa shape index (κ3) is 3.08. The van der Waals surface area contributed by atoms with Crippen LogP contribution in [0.4, 0.5) is 0 Å². The van der Waals surface area contributed by atoms with Crippen molar-refractivity contribution < 1.29 is 14.4 Å². The normalized spacial score (nSPS) is 21.2. The van der Waals surface area contributed by atoms with Crippen molar-refractivity contribution in [3.8, 4) is 0 Å². The van der Waals surface area contributed by atoms with E-state index in [4.69, 9.17) is 14.4 Å². The molecule has 0 bridgehead atoms. The Morgan fingerprint density at radius 3 is 2.37 bits per heavy atom. The molecule has 1 aliphatic heterocycles. The fourth-order valence-electron chi connectivity index (χ4n) is 1.95. The van der Waals surface area contributed by atoms with E-state index in [1.165, 1.54) is 0 Å². The predicted molar refractivity (Wildman–Crippen MR) is 77.5 cm³/mol. The first kappa shape index (κ1) is 14.3. The van der Waals surface area contributed by atoms with Gasteiger partial charge in [0.05, 0.1) is 17.8 Å². The van der Waals surface area contributed by atoms with Gasteiger partial charge in [-0.3, -0.25) is 0 Å². The highest BCUT2D eigenvalue weighted by molar-refractivity contribution is 6.52. The Morgan fingerprint density at radius 1 is 1.16 bits per heavy atom. The number of hydrogen-bond donors (Lipinski definition) is 1. The molecule has 1 saturated heterocycles. The zero-order valence-corrected chi connectivity index (χ0v) is 12.0. The molecule has 4 heteroatoms. The fraction of sp³-hybridized carbons (Fsp3) is 0.467. The number of aliphatic hydroxyl groups excluding tert-OH is 1. The van der Waals surface area contributed by atoms with Crippen molar-refractivity contribution in [3.63, 3.8) is 0 Å². The lowest BCUT2D eigenvalue weighted by Crippen LogP contribution is -2.41. The molecule has 0 aliphatic carbocycles. The van der Waals surface area contributed by atoms with Gasteiger partial charge in [0.2, 0.25) is 0 Å². The molecule has 0 unspecified atom stereocenters. The maximum absolute atomic E-state index is 9.11. The molecule has 2 rings (SSSR count). The highest BCUT2D eigenvalue weighted by atomic mass is 16.7. The summed E-state index contributed by atoms with van der Waals surface area (Å²) in [5.74, 6) is 1.91. The van der Waals surface area contributed by atoms with Gasteiger partial charge >= 0.3 is 7.12 Å². The Hall–Kier alpha value is -1.10. The molecule has 1 N–H and O–H groups in total. The second-order valence-corrected chi connectivity index (χ2v) is 5.89. The molecule has 0 atom stereocenters. The molecular formula is C15H21BO3. The molecule has 1 fully saturated rings. The monoisotopic (exact) mass is 260 g/mol. The highest BCUT2D eigenvalue weighted by Gasteiger charge is 2.49. The van der Waals surface area contributed by atoms with Crippen molar-refractivity contribution in [1.82, 2.24) is 0 Å². The Balaban J connectivity index is 2.08. The van der Waals surface area contributed by atoms with Crippen molar-refractivity contribution in [2.75, 3.05) is 0 Å². The van der Waals surface area contributed by atoms with Gasteiger partial charge in [0, 0.05) is 0 Å². The van der Waals surface area contributed by atoms with Crippen molar-refractivity contribution >= 4 is 13.2 Å². The SMILES string of the molecule is CC1(C)OB(/C=C/c2cccc(CO)c2)OC1(C)C. The van der Waals surface area contributed by atoms with Crippen molar-refractivity contribution in [3.05, 3.63) is 41.4 Å². The lowest BCUT2D eigenvalue weighted by Gasteiger charge is -2.32. The van der Waals surface area contributed by atoms with E-state index in [2.05, 4.69) is 0 Å². The number of rotatable bonds is 3. The van der Waals surface area contributed by atoms with Crippen LogP contribution in [0.3, 0.4) is 0 Å². The summed E-state index contributed by atoms with van der Waals surface area (Å²) in [6.45, 7) is 8.19. The van der Waals surface area contributed by atoms with Crippen LogP contribution in [0.1, 0.15) is 38.8 Å². The average molecular weight is 260 g/mol. The summed E-state index contributed by atoms with van der Waals surface area (Å²) in [6, 6.07) is 7.75. The Kier molecular flexibility index (Phi) is 3.86. The second-order valence-electron chi connectivity index (χ2n) is 5.89. The van der Waals surface area contributed by atoms with Crippen LogP contribution in [-0.2, 0) is 15.9 Å². The van der Waals surface area contributed by atoms with Gasteiger partial charge < -0.3 is 14.4 Å². The molecule has 1 aliphatic rings. The number of hydrogen-bond acceptors (Lipinski definition) is 3. The summed E-state index contributed by atoms with van der Waals surface area (Å²) < 4.78 is 11.8. The molecule has 0 radical (unpaired) electrons. The predicted octanol–water partition coefficient (Wildman–Crippen LogP) is 2.82. The number of aliphatic hydroxyl groups is 1. The van der Waals surface area contributed by atoms with Gasteiger partial charge in [0.15, 0.2) is 0 Å². The number of benzene rings is 1. The quantitative estimate of drug-likeness (QED) is 0.849. The first-order valence-electron chi connectivity index (χ1n) is 6.58. The Morgan fingerprint density at radius 2 is 1.79 bits per heavy atom. The smallest absolute Gasteiger partial charge is 0.400 e. The van der Waals surface area contributed by atoms with Gasteiger partial charge in [-0.15, -0.1) is 0 Å². The van der Waals surface area contributed by atoms with Crippen LogP contribution in [0.25, 0.3) is 6.08 Å². The van der Waals surface area contributed by atoms with Crippen LogP contribution < -0.4 is 0 Å². The van der Waals surface area contributed by atoms with E-state index in [-0.39, 0.29) is 24.9 Å². The molecule has 102 valence electrons. The molecule has 1 aromatic carbocycles. The summed E-state index contributed by atoms with van der Waals surface area (Å²) >= 11 is 0. The summed E-state index contributed by atoms with van der Waals surface area (Å²) in [6.07, 6.45) is 1.96. The van der Waals surface area contributed by atoms with Gasteiger partial charge in [-0.05, 0) is 44.9 Å². The lowest BCUT2D eigenvalue weighted by molar-refractivity contribution is 0.00578. The van der Waals surface area contributed by atoms with E-state index in [0.29, 0.717) is 0 Å². The van der Waals surface area contributed by atoms with E-state index < -0.39 is 0 Å². The minimum atomic E-state index is -0.331. The van der Waals surface area contributed by atoms with E-state index >= 15 is 0 Å². The van der Waals surface area contributed by atoms with Gasteiger partial charge in [0.25, 0.3) is 0 Å². The molecule has 0 amide bonds. The molecular weight excluding hydrogens is 239 g/mol. The van der Waals surface area contributed by atoms with Crippen molar-refractivity contribution in [2.24, 2.45) is 0 Å². The third-order valence-electron chi connectivity index (χ3n) is 3.85. The summed E-state index contributed by atoms with van der Waals surface area (Å²) in [5.41, 5.74) is 1.31. The summed E-state index contributed by atoms with van der Waals surface area (Å²) in [4.78, 5) is 0. The van der Waals surface area contributed by atoms with Crippen LogP contribution >= 0.6 is 0 Å². The molecule has 0 saturated carbocycles. The maximum Gasteiger partial charge on any atom is 0.487 e. The zero-order valence-electron chi connectivity index (χ0n) is 12.0. The van der Waals surface area contributed by atoms with Gasteiger partial charge in [0.1, 0.15) is 0 Å². The molecule has 0 aromatic heterocycles. The van der Waals surface area contributed by atoms with Crippen LogP contribution in [0.2, 0.25) is 0 Å². The van der Waals surface area contributed by atoms with Crippen LogP contribution in [0.5, 0.6) is 0 Å². The minimum absolute atomic E-state index is 0.0537. The molecule has 1 aromatic rings. The summed E-state index contributed by atoms with van der Waals surface area (Å²) in [7, 11) is -0.331. The molecule has 0 spiro atoms. The first-order valence-corrected chi connectivity index (χ1v) is 6.58. The summed E-state index contributed by atoms with van der Waals surface area (Å²) in [5, 5.41) is 9.11. The minimum Gasteiger partial charge on any atom is -0.400 e. The highest BCUT2D eigenvalue weighted by Crippen LogP contribution is 2.36. The molecule has 19 heavy (non-hydrogen) atoms. The van der Waals surface area contributed by atoms with Crippen LogP contribution in [0, 0.1) is 0 Å². The Labute approximate surface area is 115 Å². The topological polar surface area (TPSA) is 38.7 Å². The van der Waals surface area contributed by atoms with Crippen LogP contribution in [0.15, 0.2) is 30.2 Å². The molecule has 1 heterocycles. The molecule has 3 nitrogen and oxygen atoms in total. The largest absolute Gasteiger partial charge is 0.487 e. The standard InChI is InChI=1S/C15H21BO3/c1-14(2)15(3,4)19-16(18-14)9-8-12-6-5-7-13(10-12)11-17/h5-10,17H,11H2,1-4H3/b9-8+. The zero-order chi connectivity index (χ0) is 14.1. The first-order chi connectivity index (χ1) is 8.84. The second kappa shape index (κ2) is 5.12. The lowest BCUT2D eigenvalue weighted by atomic mass is 9.89. The van der Waals surface area contributed by atoms with E-state index in [1.807, 2.05) is 64.0 Å². The fourth-order valence-corrected chi connectivity index (χ4v) is 1.95. The van der Waals surface area contributed by atoms with Crippen LogP contribution in [-0.4, -0.2) is 23.4 Å². The van der Waals surface area contributed by atoms with E-state index in [0.717, 1.165) is 11.1 Å². The van der Waals surface area contributed by atoms with Gasteiger partial charge in [-0.2, -0.15) is 0 Å².